The highest BCUT2D eigenvalue weighted by atomic mass is 16.4. The monoisotopic (exact) mass is 282 g/mol. The summed E-state index contributed by atoms with van der Waals surface area (Å²) in [5.74, 6) is -3.54. The zero-order valence-corrected chi connectivity index (χ0v) is 10.2. The number of carboxylic acid groups (broad SMARTS) is 2. The van der Waals surface area contributed by atoms with E-state index in [2.05, 4.69) is 0 Å². The molecule has 108 valence electrons. The van der Waals surface area contributed by atoms with Crippen LogP contribution < -0.4 is 5.73 Å². The van der Waals surface area contributed by atoms with Gasteiger partial charge in [-0.25, -0.2) is 9.59 Å². The summed E-state index contributed by atoms with van der Waals surface area (Å²) in [5, 5.41) is 40.9. The molecular weight excluding hydrogens is 268 g/mol. The fourth-order valence-electron chi connectivity index (χ4n) is 1.01. The molecule has 8 nitrogen and oxygen atoms in total. The van der Waals surface area contributed by atoms with Crippen LogP contribution in [0.4, 0.5) is 0 Å². The highest BCUT2D eigenvalue weighted by Gasteiger charge is 2.29. The molecule has 1 aromatic carbocycles. The van der Waals surface area contributed by atoms with E-state index in [1.807, 2.05) is 36.4 Å². The van der Waals surface area contributed by atoms with E-state index in [-0.39, 0.29) is 0 Å². The molecule has 3 atom stereocenters. The Morgan fingerprint density at radius 3 is 1.75 bits per heavy atom. The summed E-state index contributed by atoms with van der Waals surface area (Å²) >= 11 is 0. The lowest BCUT2D eigenvalue weighted by Crippen LogP contribution is -2.39. The number of nitrogens with zero attached hydrogens (tertiary/aromatic N) is 1. The van der Waals surface area contributed by atoms with Gasteiger partial charge in [-0.3, -0.25) is 0 Å². The first-order valence-electron chi connectivity index (χ1n) is 5.33. The van der Waals surface area contributed by atoms with E-state index < -0.39 is 30.2 Å². The van der Waals surface area contributed by atoms with Crippen molar-refractivity contribution in [2.45, 2.75) is 18.2 Å². The molecule has 0 aliphatic heterocycles. The Morgan fingerprint density at radius 1 is 1.05 bits per heavy atom. The molecular formula is C12H14N2O6. The van der Waals surface area contributed by atoms with Gasteiger partial charge < -0.3 is 26.2 Å². The average Bonchev–Trinajstić information content (AvgIpc) is 2.46. The van der Waals surface area contributed by atoms with Gasteiger partial charge in [0, 0.05) is 0 Å². The number of benzene rings is 1. The van der Waals surface area contributed by atoms with E-state index in [0.29, 0.717) is 0 Å². The number of rotatable bonds is 4. The third-order valence-corrected chi connectivity index (χ3v) is 2.10. The first-order chi connectivity index (χ1) is 9.31. The first kappa shape index (κ1) is 17.5. The van der Waals surface area contributed by atoms with Gasteiger partial charge in [-0.05, 0) is 5.56 Å². The molecule has 0 saturated carbocycles. The minimum Gasteiger partial charge on any atom is -0.479 e. The van der Waals surface area contributed by atoms with Crippen molar-refractivity contribution < 1.29 is 30.0 Å². The van der Waals surface area contributed by atoms with Crippen molar-refractivity contribution in [1.29, 1.82) is 5.26 Å². The van der Waals surface area contributed by atoms with Crippen LogP contribution in [0.1, 0.15) is 11.6 Å². The second kappa shape index (κ2) is 8.60. The number of hydrogen-bond donors (Lipinski definition) is 5. The Bertz CT molecular complexity index is 466. The number of aliphatic hydroxyl groups excluding tert-OH is 2. The molecule has 1 aromatic rings. The predicted octanol–water partition coefficient (Wildman–Crippen LogP) is -0.913. The van der Waals surface area contributed by atoms with Crippen molar-refractivity contribution in [3.05, 3.63) is 35.9 Å². The summed E-state index contributed by atoms with van der Waals surface area (Å²) in [7, 11) is 0. The van der Waals surface area contributed by atoms with Gasteiger partial charge in [0.15, 0.2) is 12.2 Å². The zero-order valence-electron chi connectivity index (χ0n) is 10.2. The molecule has 6 N–H and O–H groups in total. The maximum Gasteiger partial charge on any atom is 0.335 e. The second-order valence-electron chi connectivity index (χ2n) is 3.58. The number of aliphatic carboxylic acids is 2. The minimum atomic E-state index is -2.27. The molecule has 0 aromatic heterocycles. The molecule has 0 fully saturated rings. The Kier molecular flexibility index (Phi) is 7.54. The molecule has 0 heterocycles. The average molecular weight is 282 g/mol. The minimum absolute atomic E-state index is 0.485. The van der Waals surface area contributed by atoms with Gasteiger partial charge in [0.1, 0.15) is 6.04 Å². The van der Waals surface area contributed by atoms with E-state index >= 15 is 0 Å². The largest absolute Gasteiger partial charge is 0.479 e. The van der Waals surface area contributed by atoms with Gasteiger partial charge in [-0.1, -0.05) is 30.3 Å². The van der Waals surface area contributed by atoms with Crippen LogP contribution in [0.2, 0.25) is 0 Å². The van der Waals surface area contributed by atoms with Gasteiger partial charge in [0.2, 0.25) is 0 Å². The quantitative estimate of drug-likeness (QED) is 0.473. The normalized spacial score (nSPS) is 13.9. The maximum atomic E-state index is 9.77. The van der Waals surface area contributed by atoms with Crippen molar-refractivity contribution in [3.8, 4) is 6.07 Å². The van der Waals surface area contributed by atoms with Gasteiger partial charge in [-0.15, -0.1) is 0 Å². The van der Waals surface area contributed by atoms with Crippen LogP contribution in [0.15, 0.2) is 30.3 Å². The molecule has 8 heteroatoms. The standard InChI is InChI=1S/C8H8N2.C4H6O6/c9-6-8(10)7-4-2-1-3-5-7;5-1(3(7)8)2(6)4(9)10/h1-5,8H,10H2;1-2,5-6H,(H,7,8)(H,9,10). The zero-order chi connectivity index (χ0) is 15.7. The Balaban J connectivity index is 0.000000361. The van der Waals surface area contributed by atoms with Crippen LogP contribution >= 0.6 is 0 Å². The second-order valence-corrected chi connectivity index (χ2v) is 3.58. The Labute approximate surface area is 114 Å². The molecule has 3 unspecified atom stereocenters. The summed E-state index contributed by atoms with van der Waals surface area (Å²) < 4.78 is 0. The molecule has 0 saturated heterocycles. The van der Waals surface area contributed by atoms with Crippen molar-refractivity contribution in [2.75, 3.05) is 0 Å². The lowest BCUT2D eigenvalue weighted by molar-refractivity contribution is -0.165. The summed E-state index contributed by atoms with van der Waals surface area (Å²) in [6.07, 6.45) is -4.53. The Morgan fingerprint density at radius 2 is 1.45 bits per heavy atom. The van der Waals surface area contributed by atoms with Gasteiger partial charge in [0.05, 0.1) is 6.07 Å². The van der Waals surface area contributed by atoms with Gasteiger partial charge in [0.25, 0.3) is 0 Å². The fourth-order valence-corrected chi connectivity index (χ4v) is 1.01. The summed E-state index contributed by atoms with van der Waals surface area (Å²) in [6.45, 7) is 0. The molecule has 20 heavy (non-hydrogen) atoms. The van der Waals surface area contributed by atoms with Crippen molar-refractivity contribution in [3.63, 3.8) is 0 Å². The third kappa shape index (κ3) is 5.92. The number of nitrogens with two attached hydrogens (primary N) is 1. The van der Waals surface area contributed by atoms with Gasteiger partial charge >= 0.3 is 11.9 Å². The highest BCUT2D eigenvalue weighted by Crippen LogP contribution is 2.06. The molecule has 0 bridgehead atoms. The summed E-state index contributed by atoms with van der Waals surface area (Å²) in [6, 6.07) is 10.8. The predicted molar refractivity (Wildman–Crippen MR) is 66.3 cm³/mol. The molecule has 0 radical (unpaired) electrons. The number of aliphatic hydroxyl groups is 2. The van der Waals surface area contributed by atoms with Crippen LogP contribution in [0.3, 0.4) is 0 Å². The number of hydrogen-bond acceptors (Lipinski definition) is 6. The first-order valence-corrected chi connectivity index (χ1v) is 5.33. The molecule has 0 spiro atoms. The SMILES string of the molecule is N#CC(N)c1ccccc1.O=C(O)C(O)C(O)C(=O)O. The number of carboxylic acids is 2. The van der Waals surface area contributed by atoms with Crippen LogP contribution in [-0.2, 0) is 9.59 Å². The van der Waals surface area contributed by atoms with Gasteiger partial charge in [-0.2, -0.15) is 5.26 Å². The number of nitriles is 1. The van der Waals surface area contributed by atoms with Crippen molar-refractivity contribution >= 4 is 11.9 Å². The molecule has 0 aliphatic carbocycles. The third-order valence-electron chi connectivity index (χ3n) is 2.10. The molecule has 0 aliphatic rings. The maximum absolute atomic E-state index is 9.77. The Hall–Kier alpha value is -2.47. The molecule has 0 amide bonds. The summed E-state index contributed by atoms with van der Waals surface area (Å²) in [4.78, 5) is 19.5. The van der Waals surface area contributed by atoms with E-state index in [1.54, 1.807) is 0 Å². The van der Waals surface area contributed by atoms with Crippen molar-refractivity contribution in [2.24, 2.45) is 5.73 Å². The van der Waals surface area contributed by atoms with E-state index in [9.17, 15) is 9.59 Å². The van der Waals surface area contributed by atoms with Crippen LogP contribution in [0, 0.1) is 11.3 Å². The van der Waals surface area contributed by atoms with Crippen LogP contribution in [0.25, 0.3) is 0 Å². The van der Waals surface area contributed by atoms with E-state index in [4.69, 9.17) is 31.4 Å². The number of carbonyl (C=O) groups is 2. The summed E-state index contributed by atoms with van der Waals surface area (Å²) in [5.41, 5.74) is 6.30. The van der Waals surface area contributed by atoms with Crippen LogP contribution in [-0.4, -0.2) is 44.6 Å². The molecule has 1 rings (SSSR count). The topological polar surface area (TPSA) is 165 Å². The fraction of sp³-hybridized carbons (Fsp3) is 0.250. The highest BCUT2D eigenvalue weighted by molar-refractivity contribution is 5.83. The smallest absolute Gasteiger partial charge is 0.335 e. The lowest BCUT2D eigenvalue weighted by Gasteiger charge is -2.07. The lowest BCUT2D eigenvalue weighted by atomic mass is 10.1. The van der Waals surface area contributed by atoms with E-state index in [1.165, 1.54) is 0 Å². The van der Waals surface area contributed by atoms with Crippen molar-refractivity contribution in [1.82, 2.24) is 0 Å². The van der Waals surface area contributed by atoms with Crippen LogP contribution in [0.5, 0.6) is 0 Å². The van der Waals surface area contributed by atoms with E-state index in [0.717, 1.165) is 5.56 Å².